The van der Waals surface area contributed by atoms with Crippen LogP contribution in [-0.2, 0) is 5.60 Å². The van der Waals surface area contributed by atoms with Crippen molar-refractivity contribution in [1.82, 2.24) is 19.4 Å². The van der Waals surface area contributed by atoms with E-state index in [1.807, 2.05) is 47.3 Å². The van der Waals surface area contributed by atoms with Gasteiger partial charge in [-0.15, -0.1) is 0 Å². The molecule has 138 valence electrons. The molecule has 28 heavy (non-hydrogen) atoms. The Balaban J connectivity index is 1.57. The minimum Gasteiger partial charge on any atom is -0.386 e. The Hall–Kier alpha value is -3.44. The van der Waals surface area contributed by atoms with Crippen molar-refractivity contribution < 1.29 is 5.11 Å². The van der Waals surface area contributed by atoms with Crippen molar-refractivity contribution in [2.75, 3.05) is 0 Å². The number of aromatic amines is 1. The third-order valence-corrected chi connectivity index (χ3v) is 5.06. The summed E-state index contributed by atoms with van der Waals surface area (Å²) in [6, 6.07) is 16.1. The summed E-state index contributed by atoms with van der Waals surface area (Å²) in [6.45, 7) is 3.55. The van der Waals surface area contributed by atoms with Crippen molar-refractivity contribution in [3.8, 4) is 22.5 Å². The van der Waals surface area contributed by atoms with Gasteiger partial charge in [0, 0.05) is 41.4 Å². The van der Waals surface area contributed by atoms with Gasteiger partial charge in [0.2, 0.25) is 0 Å². The molecule has 0 bridgehead atoms. The van der Waals surface area contributed by atoms with E-state index < -0.39 is 5.60 Å². The van der Waals surface area contributed by atoms with Gasteiger partial charge in [0.1, 0.15) is 5.65 Å². The van der Waals surface area contributed by atoms with E-state index in [0.717, 1.165) is 39.2 Å². The summed E-state index contributed by atoms with van der Waals surface area (Å²) >= 11 is 0. The van der Waals surface area contributed by atoms with Gasteiger partial charge < -0.3 is 14.5 Å². The molecule has 0 fully saturated rings. The number of H-pyrrole nitrogens is 1. The molecule has 0 spiro atoms. The van der Waals surface area contributed by atoms with E-state index in [2.05, 4.69) is 34.2 Å². The molecule has 5 heteroatoms. The van der Waals surface area contributed by atoms with Gasteiger partial charge in [-0.2, -0.15) is 0 Å². The van der Waals surface area contributed by atoms with E-state index in [9.17, 15) is 5.11 Å². The highest BCUT2D eigenvalue weighted by atomic mass is 16.3. The highest BCUT2D eigenvalue weighted by Crippen LogP contribution is 2.27. The van der Waals surface area contributed by atoms with Crippen molar-refractivity contribution in [3.63, 3.8) is 0 Å². The Morgan fingerprint density at radius 1 is 0.929 bits per heavy atom. The molecule has 4 heterocycles. The first-order valence-electron chi connectivity index (χ1n) is 9.23. The quantitative estimate of drug-likeness (QED) is 0.482. The summed E-state index contributed by atoms with van der Waals surface area (Å²) in [5.74, 6) is 0. The van der Waals surface area contributed by atoms with Crippen molar-refractivity contribution in [2.24, 2.45) is 0 Å². The van der Waals surface area contributed by atoms with Gasteiger partial charge in [-0.25, -0.2) is 4.98 Å². The molecular weight excluding hydrogens is 348 g/mol. The van der Waals surface area contributed by atoms with Crippen LogP contribution < -0.4 is 0 Å². The molecule has 0 atom stereocenters. The Kier molecular flexibility index (Phi) is 3.60. The number of hydrogen-bond acceptors (Lipinski definition) is 3. The average Bonchev–Trinajstić information content (AvgIpc) is 3.32. The standard InChI is InChI=1S/C23H20N4O/c1-23(2,28)18-8-10-25-20(12-18)17-5-6-22-26-21(14-27(22)13-17)16-4-3-15-7-9-24-19(15)11-16/h3-14,24,28H,1-2H3. The number of nitrogens with one attached hydrogen (secondary N) is 1. The number of imidazole rings is 1. The maximum absolute atomic E-state index is 10.3. The number of aliphatic hydroxyl groups is 1. The van der Waals surface area contributed by atoms with E-state index in [0.29, 0.717) is 0 Å². The molecule has 5 rings (SSSR count). The fourth-order valence-corrected chi connectivity index (χ4v) is 3.46. The second-order valence-electron chi connectivity index (χ2n) is 7.58. The first-order chi connectivity index (χ1) is 13.5. The summed E-state index contributed by atoms with van der Waals surface area (Å²) in [5.41, 5.74) is 5.71. The largest absolute Gasteiger partial charge is 0.386 e. The van der Waals surface area contributed by atoms with Crippen molar-refractivity contribution in [3.05, 3.63) is 78.9 Å². The third-order valence-electron chi connectivity index (χ3n) is 5.06. The smallest absolute Gasteiger partial charge is 0.137 e. The molecule has 5 nitrogen and oxygen atoms in total. The predicted molar refractivity (Wildman–Crippen MR) is 111 cm³/mol. The molecule has 0 aliphatic rings. The Morgan fingerprint density at radius 2 is 1.79 bits per heavy atom. The zero-order valence-electron chi connectivity index (χ0n) is 15.7. The first-order valence-corrected chi connectivity index (χ1v) is 9.23. The van der Waals surface area contributed by atoms with Crippen LogP contribution in [0, 0.1) is 0 Å². The molecule has 1 aromatic carbocycles. The molecule has 0 saturated carbocycles. The second-order valence-corrected chi connectivity index (χ2v) is 7.58. The molecule has 0 saturated heterocycles. The normalized spacial score (nSPS) is 12.1. The molecule has 2 N–H and O–H groups in total. The Labute approximate surface area is 162 Å². The van der Waals surface area contributed by atoms with E-state index in [1.165, 1.54) is 5.39 Å². The molecule has 0 aliphatic heterocycles. The van der Waals surface area contributed by atoms with Gasteiger partial charge in [0.05, 0.1) is 17.0 Å². The molecule has 0 amide bonds. The monoisotopic (exact) mass is 368 g/mol. The van der Waals surface area contributed by atoms with Crippen LogP contribution in [0.15, 0.2) is 73.3 Å². The van der Waals surface area contributed by atoms with Crippen LogP contribution >= 0.6 is 0 Å². The summed E-state index contributed by atoms with van der Waals surface area (Å²) in [6.07, 6.45) is 7.73. The van der Waals surface area contributed by atoms with E-state index in [-0.39, 0.29) is 0 Å². The molecule has 5 aromatic rings. The minimum absolute atomic E-state index is 0.824. The number of aromatic nitrogens is 4. The van der Waals surface area contributed by atoms with Gasteiger partial charge in [-0.05, 0) is 61.2 Å². The lowest BCUT2D eigenvalue weighted by Gasteiger charge is -2.18. The van der Waals surface area contributed by atoms with Crippen LogP contribution in [0.5, 0.6) is 0 Å². The van der Waals surface area contributed by atoms with E-state index >= 15 is 0 Å². The van der Waals surface area contributed by atoms with E-state index in [1.54, 1.807) is 20.0 Å². The fourth-order valence-electron chi connectivity index (χ4n) is 3.46. The lowest BCUT2D eigenvalue weighted by Crippen LogP contribution is -2.15. The molecule has 0 unspecified atom stereocenters. The van der Waals surface area contributed by atoms with Crippen LogP contribution in [0.25, 0.3) is 39.1 Å². The van der Waals surface area contributed by atoms with Crippen LogP contribution in [0.2, 0.25) is 0 Å². The molecule has 0 radical (unpaired) electrons. The molecule has 0 aliphatic carbocycles. The van der Waals surface area contributed by atoms with Gasteiger partial charge in [-0.3, -0.25) is 4.98 Å². The minimum atomic E-state index is -0.902. The van der Waals surface area contributed by atoms with Crippen molar-refractivity contribution in [2.45, 2.75) is 19.4 Å². The third kappa shape index (κ3) is 2.86. The van der Waals surface area contributed by atoms with Gasteiger partial charge in [0.25, 0.3) is 0 Å². The maximum Gasteiger partial charge on any atom is 0.137 e. The molecular formula is C23H20N4O. The highest BCUT2D eigenvalue weighted by molar-refractivity contribution is 5.84. The van der Waals surface area contributed by atoms with Crippen molar-refractivity contribution >= 4 is 16.6 Å². The zero-order chi connectivity index (χ0) is 19.3. The summed E-state index contributed by atoms with van der Waals surface area (Å²) in [7, 11) is 0. The van der Waals surface area contributed by atoms with Gasteiger partial charge in [-0.1, -0.05) is 12.1 Å². The summed E-state index contributed by atoms with van der Waals surface area (Å²) in [5, 5.41) is 11.5. The highest BCUT2D eigenvalue weighted by Gasteiger charge is 2.17. The fraction of sp³-hybridized carbons (Fsp3) is 0.130. The zero-order valence-corrected chi connectivity index (χ0v) is 15.7. The predicted octanol–water partition coefficient (Wildman–Crippen LogP) is 4.77. The topological polar surface area (TPSA) is 66.2 Å². The van der Waals surface area contributed by atoms with Crippen LogP contribution in [0.4, 0.5) is 0 Å². The average molecular weight is 368 g/mol. The maximum atomic E-state index is 10.3. The van der Waals surface area contributed by atoms with Crippen molar-refractivity contribution in [1.29, 1.82) is 0 Å². The number of hydrogen-bond donors (Lipinski definition) is 2. The first kappa shape index (κ1) is 16.7. The number of rotatable bonds is 3. The lowest BCUT2D eigenvalue weighted by atomic mass is 9.98. The molecule has 4 aromatic heterocycles. The lowest BCUT2D eigenvalue weighted by molar-refractivity contribution is 0.0785. The van der Waals surface area contributed by atoms with Crippen LogP contribution in [0.3, 0.4) is 0 Å². The van der Waals surface area contributed by atoms with Gasteiger partial charge >= 0.3 is 0 Å². The summed E-state index contributed by atoms with van der Waals surface area (Å²) < 4.78 is 2.02. The summed E-state index contributed by atoms with van der Waals surface area (Å²) in [4.78, 5) is 12.5. The second kappa shape index (κ2) is 6.04. The number of nitrogens with zero attached hydrogens (tertiary/aromatic N) is 3. The SMILES string of the molecule is CC(C)(O)c1ccnc(-c2ccc3nc(-c4ccc5cc[nH]c5c4)cn3c2)c1. The van der Waals surface area contributed by atoms with Crippen LogP contribution in [0.1, 0.15) is 19.4 Å². The van der Waals surface area contributed by atoms with Crippen LogP contribution in [-0.4, -0.2) is 24.5 Å². The number of pyridine rings is 2. The Bertz CT molecular complexity index is 1310. The van der Waals surface area contributed by atoms with Gasteiger partial charge in [0.15, 0.2) is 0 Å². The number of benzene rings is 1. The van der Waals surface area contributed by atoms with E-state index in [4.69, 9.17) is 4.98 Å². The number of fused-ring (bicyclic) bond motifs is 2. The Morgan fingerprint density at radius 3 is 2.64 bits per heavy atom.